The van der Waals surface area contributed by atoms with E-state index in [0.717, 1.165) is 39.3 Å². The summed E-state index contributed by atoms with van der Waals surface area (Å²) in [5.74, 6) is -1.44. The lowest BCUT2D eigenvalue weighted by atomic mass is 9.78. The molecule has 2 aromatic rings. The molecule has 0 saturated heterocycles. The zero-order valence-corrected chi connectivity index (χ0v) is 14.2. The number of aromatic nitrogens is 1. The van der Waals surface area contributed by atoms with Crippen LogP contribution in [0.2, 0.25) is 0 Å². The number of carbonyl (C=O) groups is 1. The molecule has 22 heavy (non-hydrogen) atoms. The van der Waals surface area contributed by atoms with Crippen LogP contribution in [0, 0.1) is 11.7 Å². The van der Waals surface area contributed by atoms with Gasteiger partial charge in [-0.05, 0) is 53.0 Å². The molecule has 1 saturated carbocycles. The van der Waals surface area contributed by atoms with E-state index in [1.165, 1.54) is 23.5 Å². The fourth-order valence-corrected chi connectivity index (χ4v) is 4.72. The van der Waals surface area contributed by atoms with Crippen LogP contribution in [-0.2, 0) is 4.79 Å². The highest BCUT2D eigenvalue weighted by atomic mass is 79.9. The van der Waals surface area contributed by atoms with E-state index in [4.69, 9.17) is 0 Å². The zero-order valence-electron chi connectivity index (χ0n) is 11.8. The van der Waals surface area contributed by atoms with Gasteiger partial charge in [-0.1, -0.05) is 12.8 Å². The minimum atomic E-state index is -0.743. The molecule has 3 nitrogen and oxygen atoms in total. The lowest BCUT2D eigenvalue weighted by Gasteiger charge is -2.27. The number of carboxylic acids is 1. The van der Waals surface area contributed by atoms with Gasteiger partial charge < -0.3 is 5.11 Å². The molecule has 0 unspecified atom stereocenters. The third-order valence-electron chi connectivity index (χ3n) is 4.14. The molecule has 3 rings (SSSR count). The van der Waals surface area contributed by atoms with Crippen molar-refractivity contribution in [2.24, 2.45) is 5.92 Å². The van der Waals surface area contributed by atoms with Gasteiger partial charge in [0.25, 0.3) is 0 Å². The Morgan fingerprint density at radius 3 is 2.64 bits per heavy atom. The van der Waals surface area contributed by atoms with Crippen LogP contribution in [0.1, 0.15) is 37.3 Å². The van der Waals surface area contributed by atoms with E-state index in [1.807, 2.05) is 0 Å². The molecular weight excluding hydrogens is 369 g/mol. The number of hydrogen-bond acceptors (Lipinski definition) is 3. The average Bonchev–Trinajstić information content (AvgIpc) is 2.89. The highest BCUT2D eigenvalue weighted by Gasteiger charge is 2.35. The Bertz CT molecular complexity index is 686. The lowest BCUT2D eigenvalue weighted by molar-refractivity contribution is -0.143. The van der Waals surface area contributed by atoms with Crippen LogP contribution < -0.4 is 0 Å². The second kappa shape index (κ2) is 6.46. The van der Waals surface area contributed by atoms with Crippen LogP contribution >= 0.6 is 27.3 Å². The molecule has 0 bridgehead atoms. The van der Waals surface area contributed by atoms with Crippen LogP contribution in [0.15, 0.2) is 28.1 Å². The summed E-state index contributed by atoms with van der Waals surface area (Å²) >= 11 is 5.00. The maximum Gasteiger partial charge on any atom is 0.307 e. The van der Waals surface area contributed by atoms with E-state index < -0.39 is 5.97 Å². The summed E-state index contributed by atoms with van der Waals surface area (Å²) in [6, 6.07) is 6.20. The highest BCUT2D eigenvalue weighted by Crippen LogP contribution is 2.43. The zero-order chi connectivity index (χ0) is 15.7. The van der Waals surface area contributed by atoms with Gasteiger partial charge in [-0.25, -0.2) is 9.37 Å². The standard InChI is InChI=1S/C16H15BrFNO2S/c17-14-13(11-3-1-2-4-12(11)16(20)21)19-15(22-14)9-5-7-10(18)8-6-9/h5-8,11-12H,1-4H2,(H,20,21)/t11-,12-/m1/s1. The SMILES string of the molecule is O=C(O)[C@@H]1CCCC[C@H]1c1nc(-c2ccc(F)cc2)sc1Br. The summed E-state index contributed by atoms with van der Waals surface area (Å²) in [4.78, 5) is 16.1. The van der Waals surface area contributed by atoms with Crippen molar-refractivity contribution >= 4 is 33.2 Å². The molecule has 6 heteroatoms. The molecule has 0 aliphatic heterocycles. The van der Waals surface area contributed by atoms with Crippen molar-refractivity contribution in [1.29, 1.82) is 0 Å². The molecule has 116 valence electrons. The minimum Gasteiger partial charge on any atom is -0.481 e. The molecule has 2 atom stereocenters. The second-order valence-corrected chi connectivity index (χ2v) is 7.84. The van der Waals surface area contributed by atoms with Crippen molar-refractivity contribution in [2.45, 2.75) is 31.6 Å². The Morgan fingerprint density at radius 2 is 1.95 bits per heavy atom. The van der Waals surface area contributed by atoms with Crippen LogP contribution in [0.25, 0.3) is 10.6 Å². The first-order chi connectivity index (χ1) is 10.6. The predicted octanol–water partition coefficient (Wildman–Crippen LogP) is 5.07. The Hall–Kier alpha value is -1.27. The van der Waals surface area contributed by atoms with Gasteiger partial charge in [0, 0.05) is 11.5 Å². The fourth-order valence-electron chi connectivity index (χ4n) is 3.01. The Morgan fingerprint density at radius 1 is 1.27 bits per heavy atom. The summed E-state index contributed by atoms with van der Waals surface area (Å²) in [6.45, 7) is 0. The summed E-state index contributed by atoms with van der Waals surface area (Å²) in [5, 5.41) is 10.2. The molecule has 1 aromatic carbocycles. The van der Waals surface area contributed by atoms with E-state index >= 15 is 0 Å². The number of benzene rings is 1. The Labute approximate surface area is 140 Å². The maximum atomic E-state index is 13.0. The van der Waals surface area contributed by atoms with Crippen molar-refractivity contribution in [3.63, 3.8) is 0 Å². The summed E-state index contributed by atoms with van der Waals surface area (Å²) in [5.41, 5.74) is 1.68. The van der Waals surface area contributed by atoms with E-state index in [0.29, 0.717) is 6.42 Å². The number of carboxylic acid groups (broad SMARTS) is 1. The summed E-state index contributed by atoms with van der Waals surface area (Å²) < 4.78 is 13.9. The van der Waals surface area contributed by atoms with E-state index in [2.05, 4.69) is 20.9 Å². The minimum absolute atomic E-state index is 0.0499. The van der Waals surface area contributed by atoms with E-state index in [-0.39, 0.29) is 17.7 Å². The van der Waals surface area contributed by atoms with Crippen molar-refractivity contribution in [3.05, 3.63) is 39.6 Å². The first-order valence-electron chi connectivity index (χ1n) is 7.21. The van der Waals surface area contributed by atoms with Crippen molar-refractivity contribution in [1.82, 2.24) is 4.98 Å². The molecule has 1 aliphatic rings. The number of rotatable bonds is 3. The topological polar surface area (TPSA) is 50.2 Å². The monoisotopic (exact) mass is 383 g/mol. The average molecular weight is 384 g/mol. The van der Waals surface area contributed by atoms with E-state index in [9.17, 15) is 14.3 Å². The van der Waals surface area contributed by atoms with Crippen molar-refractivity contribution < 1.29 is 14.3 Å². The van der Waals surface area contributed by atoms with Crippen LogP contribution in [0.3, 0.4) is 0 Å². The molecule has 1 aromatic heterocycles. The van der Waals surface area contributed by atoms with Gasteiger partial charge in [0.1, 0.15) is 10.8 Å². The molecule has 1 heterocycles. The molecule has 0 radical (unpaired) electrons. The van der Waals surface area contributed by atoms with Crippen LogP contribution in [0.5, 0.6) is 0 Å². The van der Waals surface area contributed by atoms with Gasteiger partial charge in [-0.2, -0.15) is 0 Å². The first kappa shape index (κ1) is 15.6. The smallest absolute Gasteiger partial charge is 0.307 e. The maximum absolute atomic E-state index is 13.0. The highest BCUT2D eigenvalue weighted by molar-refractivity contribution is 9.11. The predicted molar refractivity (Wildman–Crippen MR) is 87.5 cm³/mol. The largest absolute Gasteiger partial charge is 0.481 e. The molecule has 0 spiro atoms. The number of aliphatic carboxylic acids is 1. The summed E-state index contributed by atoms with van der Waals surface area (Å²) in [7, 11) is 0. The molecule has 0 amide bonds. The number of hydrogen-bond donors (Lipinski definition) is 1. The molecule has 1 fully saturated rings. The van der Waals surface area contributed by atoms with Gasteiger partial charge in [-0.3, -0.25) is 4.79 Å². The second-order valence-electron chi connectivity index (χ2n) is 5.52. The molecule has 1 aliphatic carbocycles. The Balaban J connectivity index is 1.94. The normalized spacial score (nSPS) is 21.7. The van der Waals surface area contributed by atoms with Gasteiger partial charge >= 0.3 is 5.97 Å². The lowest BCUT2D eigenvalue weighted by Crippen LogP contribution is -2.25. The number of thiazole rings is 1. The first-order valence-corrected chi connectivity index (χ1v) is 8.82. The number of nitrogens with zero attached hydrogens (tertiary/aromatic N) is 1. The van der Waals surface area contributed by atoms with Gasteiger partial charge in [0.05, 0.1) is 15.4 Å². The molecule has 1 N–H and O–H groups in total. The van der Waals surface area contributed by atoms with Gasteiger partial charge in [0.15, 0.2) is 0 Å². The van der Waals surface area contributed by atoms with Crippen molar-refractivity contribution in [2.75, 3.05) is 0 Å². The van der Waals surface area contributed by atoms with Crippen LogP contribution in [0.4, 0.5) is 4.39 Å². The van der Waals surface area contributed by atoms with Crippen molar-refractivity contribution in [3.8, 4) is 10.6 Å². The Kier molecular flexibility index (Phi) is 4.59. The van der Waals surface area contributed by atoms with Gasteiger partial charge in [0.2, 0.25) is 0 Å². The third kappa shape index (κ3) is 3.08. The summed E-state index contributed by atoms with van der Waals surface area (Å²) in [6.07, 6.45) is 3.54. The van der Waals surface area contributed by atoms with Crippen LogP contribution in [-0.4, -0.2) is 16.1 Å². The molecular formula is C16H15BrFNO2S. The fraction of sp³-hybridized carbons (Fsp3) is 0.375. The van der Waals surface area contributed by atoms with Gasteiger partial charge in [-0.15, -0.1) is 11.3 Å². The third-order valence-corrected chi connectivity index (χ3v) is 5.94. The quantitative estimate of drug-likeness (QED) is 0.804. The number of halogens is 2. The van der Waals surface area contributed by atoms with E-state index in [1.54, 1.807) is 12.1 Å².